The molecular formula is C10H9F3N4OS. The van der Waals surface area contributed by atoms with Crippen LogP contribution in [-0.4, -0.2) is 24.9 Å². The summed E-state index contributed by atoms with van der Waals surface area (Å²) in [6, 6.07) is 2.10. The van der Waals surface area contributed by atoms with Gasteiger partial charge < -0.3 is 9.67 Å². The maximum Gasteiger partial charge on any atom is 0.435 e. The van der Waals surface area contributed by atoms with Crippen LogP contribution in [0.4, 0.5) is 13.2 Å². The maximum atomic E-state index is 12.3. The first-order chi connectivity index (χ1) is 8.91. The molecule has 5 nitrogen and oxygen atoms in total. The lowest BCUT2D eigenvalue weighted by Gasteiger charge is -2.05. The molecule has 0 saturated carbocycles. The standard InChI is InChI=1S/C10H9F3N4OS/c1-17-6(5-18)4-14-9(17)19-8-3-2-7(15-16-8)10(11,12)13/h2-4,18H,5H2,1H3. The SMILES string of the molecule is Cn1c(CO)cnc1Sc1ccc(C(F)(F)F)nn1. The number of hydrogen-bond donors (Lipinski definition) is 1. The molecule has 0 aliphatic heterocycles. The number of hydrogen-bond acceptors (Lipinski definition) is 5. The fourth-order valence-corrected chi connectivity index (χ4v) is 2.05. The summed E-state index contributed by atoms with van der Waals surface area (Å²) in [5.74, 6) is 0. The Kier molecular flexibility index (Phi) is 3.76. The molecule has 2 aromatic heterocycles. The number of imidazole rings is 1. The fourth-order valence-electron chi connectivity index (χ4n) is 1.29. The molecular weight excluding hydrogens is 281 g/mol. The van der Waals surface area contributed by atoms with Gasteiger partial charge in [0.2, 0.25) is 0 Å². The second kappa shape index (κ2) is 5.17. The first-order valence-electron chi connectivity index (χ1n) is 5.12. The van der Waals surface area contributed by atoms with Crippen molar-refractivity contribution in [3.05, 3.63) is 29.7 Å². The molecule has 9 heteroatoms. The maximum absolute atomic E-state index is 12.3. The van der Waals surface area contributed by atoms with Crippen molar-refractivity contribution in [2.45, 2.75) is 23.0 Å². The normalized spacial score (nSPS) is 11.8. The number of halogens is 3. The van der Waals surface area contributed by atoms with Gasteiger partial charge in [0.1, 0.15) is 5.03 Å². The minimum Gasteiger partial charge on any atom is -0.390 e. The highest BCUT2D eigenvalue weighted by molar-refractivity contribution is 7.99. The minimum absolute atomic E-state index is 0.164. The Labute approximate surface area is 110 Å². The summed E-state index contributed by atoms with van der Waals surface area (Å²) in [4.78, 5) is 4.03. The molecule has 0 aromatic carbocycles. The van der Waals surface area contributed by atoms with Gasteiger partial charge in [-0.05, 0) is 23.9 Å². The van der Waals surface area contributed by atoms with Gasteiger partial charge in [-0.3, -0.25) is 0 Å². The summed E-state index contributed by atoms with van der Waals surface area (Å²) in [5, 5.41) is 16.4. The van der Waals surface area contributed by atoms with Gasteiger partial charge in [-0.2, -0.15) is 13.2 Å². The van der Waals surface area contributed by atoms with Crippen molar-refractivity contribution in [1.82, 2.24) is 19.7 Å². The third kappa shape index (κ3) is 3.04. The third-order valence-electron chi connectivity index (χ3n) is 2.33. The molecule has 0 bridgehead atoms. The first-order valence-corrected chi connectivity index (χ1v) is 5.93. The Bertz CT molecular complexity index is 567. The Morgan fingerprint density at radius 1 is 1.32 bits per heavy atom. The van der Waals surface area contributed by atoms with Gasteiger partial charge in [-0.1, -0.05) is 0 Å². The summed E-state index contributed by atoms with van der Waals surface area (Å²) in [6.07, 6.45) is -3.01. The van der Waals surface area contributed by atoms with Gasteiger partial charge >= 0.3 is 6.18 Å². The van der Waals surface area contributed by atoms with Crippen molar-refractivity contribution in [1.29, 1.82) is 0 Å². The van der Waals surface area contributed by atoms with Crippen LogP contribution < -0.4 is 0 Å². The van der Waals surface area contributed by atoms with E-state index in [2.05, 4.69) is 15.2 Å². The molecule has 19 heavy (non-hydrogen) atoms. The molecule has 102 valence electrons. The topological polar surface area (TPSA) is 63.8 Å². The molecule has 2 heterocycles. The smallest absolute Gasteiger partial charge is 0.390 e. The number of aromatic nitrogens is 4. The van der Waals surface area contributed by atoms with Gasteiger partial charge in [0.25, 0.3) is 0 Å². The van der Waals surface area contributed by atoms with Crippen LogP contribution in [0, 0.1) is 0 Å². The Morgan fingerprint density at radius 2 is 2.05 bits per heavy atom. The fraction of sp³-hybridized carbons (Fsp3) is 0.300. The molecule has 1 N–H and O–H groups in total. The molecule has 0 fully saturated rings. The van der Waals surface area contributed by atoms with Crippen molar-refractivity contribution < 1.29 is 18.3 Å². The number of rotatable bonds is 3. The van der Waals surface area contributed by atoms with Crippen molar-refractivity contribution in [3.8, 4) is 0 Å². The van der Waals surface area contributed by atoms with Crippen LogP contribution in [0.5, 0.6) is 0 Å². The predicted molar refractivity (Wildman–Crippen MR) is 60.3 cm³/mol. The molecule has 0 saturated heterocycles. The predicted octanol–water partition coefficient (Wildman–Crippen LogP) is 1.87. The van der Waals surface area contributed by atoms with E-state index in [0.29, 0.717) is 15.9 Å². The van der Waals surface area contributed by atoms with E-state index in [0.717, 1.165) is 17.8 Å². The Hall–Kier alpha value is -1.61. The molecule has 0 radical (unpaired) electrons. The molecule has 0 amide bonds. The zero-order chi connectivity index (χ0) is 14.0. The summed E-state index contributed by atoms with van der Waals surface area (Å²) in [5.41, 5.74) is -0.435. The molecule has 2 aromatic rings. The van der Waals surface area contributed by atoms with Crippen LogP contribution in [0.3, 0.4) is 0 Å². The van der Waals surface area contributed by atoms with E-state index in [-0.39, 0.29) is 6.61 Å². The number of aliphatic hydroxyl groups excluding tert-OH is 1. The molecule has 0 aliphatic carbocycles. The molecule has 0 atom stereocenters. The summed E-state index contributed by atoms with van der Waals surface area (Å²) in [6.45, 7) is -0.164. The van der Waals surface area contributed by atoms with E-state index in [4.69, 9.17) is 5.11 Å². The lowest BCUT2D eigenvalue weighted by molar-refractivity contribution is -0.141. The molecule has 0 spiro atoms. The quantitative estimate of drug-likeness (QED) is 0.935. The number of alkyl halides is 3. The Morgan fingerprint density at radius 3 is 2.53 bits per heavy atom. The monoisotopic (exact) mass is 290 g/mol. The highest BCUT2D eigenvalue weighted by atomic mass is 32.2. The van der Waals surface area contributed by atoms with Crippen LogP contribution in [0.2, 0.25) is 0 Å². The second-order valence-electron chi connectivity index (χ2n) is 3.61. The molecule has 2 rings (SSSR count). The second-order valence-corrected chi connectivity index (χ2v) is 4.59. The number of aliphatic hydroxyl groups is 1. The van der Waals surface area contributed by atoms with E-state index >= 15 is 0 Å². The van der Waals surface area contributed by atoms with Crippen LogP contribution in [0.25, 0.3) is 0 Å². The lowest BCUT2D eigenvalue weighted by atomic mass is 10.4. The van der Waals surface area contributed by atoms with Crippen molar-refractivity contribution in [2.24, 2.45) is 7.05 Å². The van der Waals surface area contributed by atoms with Crippen molar-refractivity contribution >= 4 is 11.8 Å². The van der Waals surface area contributed by atoms with Crippen molar-refractivity contribution in [2.75, 3.05) is 0 Å². The van der Waals surface area contributed by atoms with E-state index in [1.165, 1.54) is 12.3 Å². The van der Waals surface area contributed by atoms with Gasteiger partial charge in [0.15, 0.2) is 10.9 Å². The van der Waals surface area contributed by atoms with Crippen LogP contribution in [0.15, 0.2) is 28.5 Å². The van der Waals surface area contributed by atoms with Crippen LogP contribution >= 0.6 is 11.8 Å². The molecule has 0 unspecified atom stereocenters. The largest absolute Gasteiger partial charge is 0.435 e. The summed E-state index contributed by atoms with van der Waals surface area (Å²) in [7, 11) is 1.69. The average molecular weight is 290 g/mol. The first kappa shape index (κ1) is 13.8. The highest BCUT2D eigenvalue weighted by Crippen LogP contribution is 2.29. The lowest BCUT2D eigenvalue weighted by Crippen LogP contribution is -2.08. The highest BCUT2D eigenvalue weighted by Gasteiger charge is 2.32. The van der Waals surface area contributed by atoms with Gasteiger partial charge in [-0.15, -0.1) is 10.2 Å². The summed E-state index contributed by atoms with van der Waals surface area (Å²) < 4.78 is 38.5. The zero-order valence-electron chi connectivity index (χ0n) is 9.72. The Balaban J connectivity index is 2.17. The minimum atomic E-state index is -4.50. The van der Waals surface area contributed by atoms with Gasteiger partial charge in [0.05, 0.1) is 18.5 Å². The van der Waals surface area contributed by atoms with Crippen LogP contribution in [-0.2, 0) is 19.8 Å². The van der Waals surface area contributed by atoms with Gasteiger partial charge in [-0.25, -0.2) is 4.98 Å². The third-order valence-corrected chi connectivity index (χ3v) is 3.32. The van der Waals surface area contributed by atoms with Crippen molar-refractivity contribution in [3.63, 3.8) is 0 Å². The van der Waals surface area contributed by atoms with E-state index in [1.54, 1.807) is 11.6 Å². The van der Waals surface area contributed by atoms with Gasteiger partial charge in [0, 0.05) is 7.05 Å². The van der Waals surface area contributed by atoms with E-state index < -0.39 is 11.9 Å². The average Bonchev–Trinajstić information content (AvgIpc) is 2.70. The number of nitrogens with zero attached hydrogens (tertiary/aromatic N) is 4. The van der Waals surface area contributed by atoms with E-state index in [9.17, 15) is 13.2 Å². The van der Waals surface area contributed by atoms with E-state index in [1.807, 2.05) is 0 Å². The van der Waals surface area contributed by atoms with Crippen LogP contribution in [0.1, 0.15) is 11.4 Å². The molecule has 0 aliphatic rings. The zero-order valence-corrected chi connectivity index (χ0v) is 10.5. The summed E-state index contributed by atoms with van der Waals surface area (Å²) >= 11 is 1.07.